The van der Waals surface area contributed by atoms with Crippen molar-refractivity contribution in [2.75, 3.05) is 19.4 Å². The standard InChI is InChI=1S/C19H19FN4O2/c1-23(2)12-14-9-13(3-4-17(14)20)10-22-18-5-6-19(24(25)26)16-11-21-8-7-15(16)18/h3-9,11,22H,10,12H2,1-2H3. The number of aromatic nitrogens is 1. The number of nitro benzene ring substituents is 1. The van der Waals surface area contributed by atoms with Crippen LogP contribution in [0.5, 0.6) is 0 Å². The van der Waals surface area contributed by atoms with E-state index >= 15 is 0 Å². The summed E-state index contributed by atoms with van der Waals surface area (Å²) in [6.45, 7) is 1.00. The van der Waals surface area contributed by atoms with Crippen molar-refractivity contribution >= 4 is 22.1 Å². The van der Waals surface area contributed by atoms with Gasteiger partial charge in [0.05, 0.1) is 10.3 Å². The summed E-state index contributed by atoms with van der Waals surface area (Å²) in [5, 5.41) is 15.7. The van der Waals surface area contributed by atoms with Gasteiger partial charge in [0.1, 0.15) is 5.82 Å². The number of nitrogens with one attached hydrogen (secondary N) is 1. The van der Waals surface area contributed by atoms with Gasteiger partial charge in [-0.15, -0.1) is 0 Å². The van der Waals surface area contributed by atoms with Crippen LogP contribution < -0.4 is 5.32 Å². The van der Waals surface area contributed by atoms with E-state index in [2.05, 4.69) is 10.3 Å². The Morgan fingerprint density at radius 3 is 2.73 bits per heavy atom. The Hall–Kier alpha value is -3.06. The molecular weight excluding hydrogens is 335 g/mol. The first-order valence-electron chi connectivity index (χ1n) is 8.12. The van der Waals surface area contributed by atoms with Gasteiger partial charge in [0, 0.05) is 48.2 Å². The van der Waals surface area contributed by atoms with E-state index in [9.17, 15) is 14.5 Å². The number of hydrogen-bond donors (Lipinski definition) is 1. The minimum Gasteiger partial charge on any atom is -0.380 e. The molecule has 0 aliphatic heterocycles. The summed E-state index contributed by atoms with van der Waals surface area (Å²) in [4.78, 5) is 16.7. The van der Waals surface area contributed by atoms with Crippen molar-refractivity contribution in [3.63, 3.8) is 0 Å². The van der Waals surface area contributed by atoms with Crippen LogP contribution in [0.2, 0.25) is 0 Å². The average Bonchev–Trinajstić information content (AvgIpc) is 2.61. The molecule has 0 fully saturated rings. The third kappa shape index (κ3) is 3.78. The molecule has 6 nitrogen and oxygen atoms in total. The maximum absolute atomic E-state index is 13.9. The fraction of sp³-hybridized carbons (Fsp3) is 0.211. The molecule has 0 unspecified atom stereocenters. The molecule has 3 aromatic rings. The highest BCUT2D eigenvalue weighted by Gasteiger charge is 2.14. The van der Waals surface area contributed by atoms with Gasteiger partial charge in [-0.25, -0.2) is 4.39 Å². The highest BCUT2D eigenvalue weighted by molar-refractivity contribution is 5.99. The van der Waals surface area contributed by atoms with Crippen molar-refractivity contribution in [1.29, 1.82) is 0 Å². The molecule has 0 bridgehead atoms. The van der Waals surface area contributed by atoms with Crippen molar-refractivity contribution in [1.82, 2.24) is 9.88 Å². The number of non-ortho nitro benzene ring substituents is 1. The molecule has 3 rings (SSSR count). The average molecular weight is 354 g/mol. The molecule has 0 radical (unpaired) electrons. The van der Waals surface area contributed by atoms with E-state index in [0.29, 0.717) is 24.0 Å². The molecule has 0 saturated carbocycles. The number of halogens is 1. The smallest absolute Gasteiger partial charge is 0.278 e. The predicted molar refractivity (Wildman–Crippen MR) is 99.5 cm³/mol. The lowest BCUT2D eigenvalue weighted by atomic mass is 10.1. The van der Waals surface area contributed by atoms with E-state index in [4.69, 9.17) is 0 Å². The van der Waals surface area contributed by atoms with E-state index in [-0.39, 0.29) is 11.5 Å². The van der Waals surface area contributed by atoms with Gasteiger partial charge in [-0.05, 0) is 43.9 Å². The van der Waals surface area contributed by atoms with Crippen LogP contribution >= 0.6 is 0 Å². The molecule has 0 aliphatic carbocycles. The molecule has 0 saturated heterocycles. The molecule has 1 N–H and O–H groups in total. The Labute approximate surface area is 150 Å². The van der Waals surface area contributed by atoms with Crippen molar-refractivity contribution in [3.05, 3.63) is 75.9 Å². The summed E-state index contributed by atoms with van der Waals surface area (Å²) in [5.41, 5.74) is 2.36. The first-order valence-corrected chi connectivity index (χ1v) is 8.12. The topological polar surface area (TPSA) is 71.3 Å². The third-order valence-corrected chi connectivity index (χ3v) is 4.07. The van der Waals surface area contributed by atoms with Crippen LogP contribution in [0.25, 0.3) is 10.8 Å². The molecule has 134 valence electrons. The fourth-order valence-corrected chi connectivity index (χ4v) is 2.89. The molecule has 0 spiro atoms. The summed E-state index contributed by atoms with van der Waals surface area (Å²) < 4.78 is 13.9. The molecule has 7 heteroatoms. The van der Waals surface area contributed by atoms with Crippen LogP contribution in [0.1, 0.15) is 11.1 Å². The van der Waals surface area contributed by atoms with Crippen LogP contribution in [0, 0.1) is 15.9 Å². The van der Waals surface area contributed by atoms with E-state index in [1.54, 1.807) is 24.4 Å². The van der Waals surface area contributed by atoms with Crippen LogP contribution in [-0.2, 0) is 13.1 Å². The zero-order chi connectivity index (χ0) is 18.7. The second-order valence-corrected chi connectivity index (χ2v) is 6.33. The monoisotopic (exact) mass is 354 g/mol. The maximum atomic E-state index is 13.9. The van der Waals surface area contributed by atoms with Gasteiger partial charge in [0.2, 0.25) is 0 Å². The lowest BCUT2D eigenvalue weighted by molar-refractivity contribution is -0.383. The maximum Gasteiger partial charge on any atom is 0.278 e. The highest BCUT2D eigenvalue weighted by atomic mass is 19.1. The van der Waals surface area contributed by atoms with Gasteiger partial charge < -0.3 is 10.2 Å². The Kier molecular flexibility index (Phi) is 5.09. The van der Waals surface area contributed by atoms with Gasteiger partial charge in [-0.3, -0.25) is 15.1 Å². The second kappa shape index (κ2) is 7.45. The summed E-state index contributed by atoms with van der Waals surface area (Å²) in [6, 6.07) is 9.92. The Morgan fingerprint density at radius 1 is 1.19 bits per heavy atom. The number of anilines is 1. The molecule has 0 aliphatic rings. The largest absolute Gasteiger partial charge is 0.380 e. The van der Waals surface area contributed by atoms with Crippen molar-refractivity contribution < 1.29 is 9.31 Å². The van der Waals surface area contributed by atoms with E-state index in [1.807, 2.05) is 25.1 Å². The summed E-state index contributed by atoms with van der Waals surface area (Å²) >= 11 is 0. The third-order valence-electron chi connectivity index (χ3n) is 4.07. The van der Waals surface area contributed by atoms with Gasteiger partial charge in [-0.2, -0.15) is 0 Å². The molecule has 1 aromatic heterocycles. The van der Waals surface area contributed by atoms with E-state index in [0.717, 1.165) is 16.6 Å². The first kappa shape index (κ1) is 17.8. The SMILES string of the molecule is CN(C)Cc1cc(CNc2ccc([N+](=O)[O-])c3cnccc23)ccc1F. The van der Waals surface area contributed by atoms with Crippen molar-refractivity contribution in [2.45, 2.75) is 13.1 Å². The molecule has 1 heterocycles. The highest BCUT2D eigenvalue weighted by Crippen LogP contribution is 2.31. The molecule has 2 aromatic carbocycles. The Balaban J connectivity index is 1.87. The number of rotatable bonds is 6. The minimum atomic E-state index is -0.415. The first-order chi connectivity index (χ1) is 12.5. The molecule has 26 heavy (non-hydrogen) atoms. The number of fused-ring (bicyclic) bond motifs is 1. The minimum absolute atomic E-state index is 0.0219. The van der Waals surface area contributed by atoms with Gasteiger partial charge in [-0.1, -0.05) is 6.07 Å². The lowest BCUT2D eigenvalue weighted by Crippen LogP contribution is -2.12. The quantitative estimate of drug-likeness (QED) is 0.536. The number of nitro groups is 1. The number of benzene rings is 2. The van der Waals surface area contributed by atoms with Crippen LogP contribution in [0.4, 0.5) is 15.8 Å². The van der Waals surface area contributed by atoms with Crippen LogP contribution in [0.15, 0.2) is 48.8 Å². The number of nitrogens with zero attached hydrogens (tertiary/aromatic N) is 3. The zero-order valence-electron chi connectivity index (χ0n) is 14.6. The van der Waals surface area contributed by atoms with Gasteiger partial charge in [0.25, 0.3) is 5.69 Å². The number of pyridine rings is 1. The molecule has 0 amide bonds. The van der Waals surface area contributed by atoms with Crippen molar-refractivity contribution in [3.8, 4) is 0 Å². The fourth-order valence-electron chi connectivity index (χ4n) is 2.89. The second-order valence-electron chi connectivity index (χ2n) is 6.33. The summed E-state index contributed by atoms with van der Waals surface area (Å²) in [7, 11) is 3.78. The Bertz CT molecular complexity index is 959. The van der Waals surface area contributed by atoms with Gasteiger partial charge >= 0.3 is 0 Å². The predicted octanol–water partition coefficient (Wildman–Crippen LogP) is 3.96. The van der Waals surface area contributed by atoms with Crippen molar-refractivity contribution in [2.24, 2.45) is 0 Å². The lowest BCUT2D eigenvalue weighted by Gasteiger charge is -2.13. The van der Waals surface area contributed by atoms with Crippen LogP contribution in [0.3, 0.4) is 0 Å². The molecule has 0 atom stereocenters. The van der Waals surface area contributed by atoms with E-state index < -0.39 is 4.92 Å². The summed E-state index contributed by atoms with van der Waals surface area (Å²) in [6.07, 6.45) is 3.09. The van der Waals surface area contributed by atoms with E-state index in [1.165, 1.54) is 18.3 Å². The van der Waals surface area contributed by atoms with Crippen LogP contribution in [-0.4, -0.2) is 28.9 Å². The summed E-state index contributed by atoms with van der Waals surface area (Å²) in [5.74, 6) is -0.227. The number of hydrogen-bond acceptors (Lipinski definition) is 5. The normalized spacial score (nSPS) is 11.1. The van der Waals surface area contributed by atoms with Gasteiger partial charge in [0.15, 0.2) is 0 Å². The molecular formula is C19H19FN4O2. The zero-order valence-corrected chi connectivity index (χ0v) is 14.6. The Morgan fingerprint density at radius 2 is 2.00 bits per heavy atom.